The Kier molecular flexibility index (Phi) is 8.67. The number of carbonyl (C=O) groups is 1. The van der Waals surface area contributed by atoms with Crippen LogP contribution in [-0.2, 0) is 9.53 Å². The van der Waals surface area contributed by atoms with Crippen molar-refractivity contribution in [3.05, 3.63) is 0 Å². The van der Waals surface area contributed by atoms with Crippen molar-refractivity contribution in [2.45, 2.75) is 19.4 Å². The summed E-state index contributed by atoms with van der Waals surface area (Å²) in [6.45, 7) is 2.07. The Balaban J connectivity index is 0. The first-order valence-corrected chi connectivity index (χ1v) is 3.08. The lowest BCUT2D eigenvalue weighted by atomic mass is 10.2. The first-order valence-electron chi connectivity index (χ1n) is 3.08. The predicted molar refractivity (Wildman–Crippen MR) is 45.3 cm³/mol. The molecule has 0 aliphatic rings. The first kappa shape index (κ1) is 12.9. The largest absolute Gasteiger partial charge is 0.465 e. The fourth-order valence-electron chi connectivity index (χ4n) is 0.460. The molecular formula is C7H12ClNO2. The monoisotopic (exact) mass is 177 g/mol. The Morgan fingerprint density at radius 2 is 2.36 bits per heavy atom. The highest BCUT2D eigenvalue weighted by Crippen LogP contribution is 1.89. The Morgan fingerprint density at radius 1 is 1.82 bits per heavy atom. The molecule has 0 saturated carbocycles. The lowest BCUT2D eigenvalue weighted by molar-refractivity contribution is -0.144. The molecule has 11 heavy (non-hydrogen) atoms. The number of terminal acetylenes is 1. The summed E-state index contributed by atoms with van der Waals surface area (Å²) < 4.78 is 4.60. The maximum atomic E-state index is 10.7. The van der Waals surface area contributed by atoms with Crippen LogP contribution in [0.3, 0.4) is 0 Å². The van der Waals surface area contributed by atoms with Gasteiger partial charge in [0, 0.05) is 6.42 Å². The molecule has 0 aromatic carbocycles. The van der Waals surface area contributed by atoms with E-state index in [4.69, 9.17) is 12.2 Å². The summed E-state index contributed by atoms with van der Waals surface area (Å²) in [6.07, 6.45) is 5.16. The predicted octanol–water partition coefficient (Wildman–Crippen LogP) is 0.322. The van der Waals surface area contributed by atoms with Gasteiger partial charge >= 0.3 is 5.97 Å². The maximum Gasteiger partial charge on any atom is 0.323 e. The minimum atomic E-state index is -0.662. The standard InChI is InChI=1S/C7H11NO2.ClH/c1-3-5-6(8)7(9)10-4-2;/h1,6H,4-5,8H2,2H3;1H/t6-;/m1./s1. The zero-order valence-electron chi connectivity index (χ0n) is 6.37. The van der Waals surface area contributed by atoms with Crippen LogP contribution < -0.4 is 5.73 Å². The molecule has 64 valence electrons. The van der Waals surface area contributed by atoms with Crippen LogP contribution in [0.15, 0.2) is 0 Å². The molecule has 3 nitrogen and oxygen atoms in total. The average Bonchev–Trinajstić information content (AvgIpc) is 1.89. The molecule has 0 radical (unpaired) electrons. The second kappa shape index (κ2) is 7.39. The van der Waals surface area contributed by atoms with Gasteiger partial charge in [0.05, 0.1) is 6.61 Å². The summed E-state index contributed by atoms with van der Waals surface area (Å²) >= 11 is 0. The smallest absolute Gasteiger partial charge is 0.323 e. The van der Waals surface area contributed by atoms with Crippen LogP contribution in [0, 0.1) is 12.3 Å². The minimum absolute atomic E-state index is 0. The van der Waals surface area contributed by atoms with Gasteiger partial charge in [-0.1, -0.05) is 0 Å². The van der Waals surface area contributed by atoms with E-state index in [1.807, 2.05) is 0 Å². The van der Waals surface area contributed by atoms with Gasteiger partial charge < -0.3 is 10.5 Å². The SMILES string of the molecule is C#CC[C@@H](N)C(=O)OCC.Cl. The highest BCUT2D eigenvalue weighted by atomic mass is 35.5. The van der Waals surface area contributed by atoms with Gasteiger partial charge in [-0.3, -0.25) is 4.79 Å². The normalized spacial score (nSPS) is 10.6. The van der Waals surface area contributed by atoms with Crippen molar-refractivity contribution < 1.29 is 9.53 Å². The van der Waals surface area contributed by atoms with E-state index in [0.717, 1.165) is 0 Å². The minimum Gasteiger partial charge on any atom is -0.465 e. The van der Waals surface area contributed by atoms with E-state index in [0.29, 0.717) is 6.61 Å². The topological polar surface area (TPSA) is 52.3 Å². The number of rotatable bonds is 3. The first-order chi connectivity index (χ1) is 4.72. The molecule has 0 aromatic heterocycles. The fourth-order valence-corrected chi connectivity index (χ4v) is 0.460. The Hall–Kier alpha value is -0.720. The van der Waals surface area contributed by atoms with Gasteiger partial charge in [-0.25, -0.2) is 0 Å². The molecule has 0 aliphatic heterocycles. The van der Waals surface area contributed by atoms with E-state index in [2.05, 4.69) is 10.7 Å². The highest BCUT2D eigenvalue weighted by molar-refractivity contribution is 5.85. The maximum absolute atomic E-state index is 10.7. The van der Waals surface area contributed by atoms with Crippen LogP contribution in [0.4, 0.5) is 0 Å². The van der Waals surface area contributed by atoms with Crippen molar-refractivity contribution in [2.24, 2.45) is 5.73 Å². The lowest BCUT2D eigenvalue weighted by Crippen LogP contribution is -2.31. The van der Waals surface area contributed by atoms with Crippen molar-refractivity contribution in [1.29, 1.82) is 0 Å². The van der Waals surface area contributed by atoms with Gasteiger partial charge in [0.15, 0.2) is 0 Å². The fraction of sp³-hybridized carbons (Fsp3) is 0.571. The third-order valence-electron chi connectivity index (χ3n) is 0.927. The van der Waals surface area contributed by atoms with Crippen LogP contribution in [0.5, 0.6) is 0 Å². The zero-order chi connectivity index (χ0) is 7.98. The van der Waals surface area contributed by atoms with E-state index in [1.54, 1.807) is 6.92 Å². The number of esters is 1. The number of hydrogen-bond donors (Lipinski definition) is 1. The molecule has 0 aromatic rings. The van der Waals surface area contributed by atoms with E-state index < -0.39 is 12.0 Å². The quantitative estimate of drug-likeness (QED) is 0.499. The number of halogens is 1. The average molecular weight is 178 g/mol. The van der Waals surface area contributed by atoms with Crippen LogP contribution in [0.1, 0.15) is 13.3 Å². The van der Waals surface area contributed by atoms with Gasteiger partial charge in [-0.2, -0.15) is 0 Å². The van der Waals surface area contributed by atoms with E-state index in [1.165, 1.54) is 0 Å². The Morgan fingerprint density at radius 3 is 2.73 bits per heavy atom. The van der Waals surface area contributed by atoms with Crippen molar-refractivity contribution >= 4 is 18.4 Å². The lowest BCUT2D eigenvalue weighted by Gasteiger charge is -2.05. The highest BCUT2D eigenvalue weighted by Gasteiger charge is 2.11. The van der Waals surface area contributed by atoms with Crippen LogP contribution in [0.2, 0.25) is 0 Å². The molecule has 0 heterocycles. The molecule has 0 unspecified atom stereocenters. The molecule has 0 spiro atoms. The zero-order valence-corrected chi connectivity index (χ0v) is 7.19. The number of hydrogen-bond acceptors (Lipinski definition) is 3. The molecule has 1 atom stereocenters. The summed E-state index contributed by atoms with van der Waals surface area (Å²) in [5.74, 6) is 1.85. The van der Waals surface area contributed by atoms with Gasteiger partial charge in [0.25, 0.3) is 0 Å². The molecule has 0 aliphatic carbocycles. The van der Waals surface area contributed by atoms with Gasteiger partial charge in [-0.05, 0) is 6.92 Å². The van der Waals surface area contributed by atoms with Gasteiger partial charge in [0.2, 0.25) is 0 Å². The molecule has 2 N–H and O–H groups in total. The third kappa shape index (κ3) is 5.71. The summed E-state index contributed by atoms with van der Waals surface area (Å²) in [4.78, 5) is 10.7. The van der Waals surface area contributed by atoms with Gasteiger partial charge in [-0.15, -0.1) is 24.8 Å². The second-order valence-electron chi connectivity index (χ2n) is 1.77. The number of carbonyl (C=O) groups excluding carboxylic acids is 1. The Bertz CT molecular complexity index is 153. The van der Waals surface area contributed by atoms with E-state index >= 15 is 0 Å². The molecule has 0 bridgehead atoms. The summed E-state index contributed by atoms with van der Waals surface area (Å²) in [5, 5.41) is 0. The summed E-state index contributed by atoms with van der Waals surface area (Å²) in [7, 11) is 0. The molecular weight excluding hydrogens is 166 g/mol. The van der Waals surface area contributed by atoms with Crippen molar-refractivity contribution in [1.82, 2.24) is 0 Å². The Labute approximate surface area is 72.7 Å². The molecule has 0 rings (SSSR count). The van der Waals surface area contributed by atoms with Crippen molar-refractivity contribution in [3.63, 3.8) is 0 Å². The van der Waals surface area contributed by atoms with Gasteiger partial charge in [0.1, 0.15) is 6.04 Å². The third-order valence-corrected chi connectivity index (χ3v) is 0.927. The number of nitrogens with two attached hydrogens (primary N) is 1. The molecule has 4 heteroatoms. The van der Waals surface area contributed by atoms with Crippen molar-refractivity contribution in [2.75, 3.05) is 6.61 Å². The van der Waals surface area contributed by atoms with Crippen LogP contribution in [0.25, 0.3) is 0 Å². The number of ether oxygens (including phenoxy) is 1. The van der Waals surface area contributed by atoms with E-state index in [9.17, 15) is 4.79 Å². The van der Waals surface area contributed by atoms with Crippen LogP contribution >= 0.6 is 12.4 Å². The molecule has 0 saturated heterocycles. The summed E-state index contributed by atoms with van der Waals surface area (Å²) in [5.41, 5.74) is 5.30. The second-order valence-corrected chi connectivity index (χ2v) is 1.77. The summed E-state index contributed by atoms with van der Waals surface area (Å²) in [6, 6.07) is -0.662. The molecule has 0 fully saturated rings. The van der Waals surface area contributed by atoms with E-state index in [-0.39, 0.29) is 18.8 Å². The van der Waals surface area contributed by atoms with Crippen molar-refractivity contribution in [3.8, 4) is 12.3 Å². The van der Waals surface area contributed by atoms with Crippen LogP contribution in [-0.4, -0.2) is 18.6 Å². The molecule has 0 amide bonds.